The Morgan fingerprint density at radius 2 is 1.71 bits per heavy atom. The predicted molar refractivity (Wildman–Crippen MR) is 85.0 cm³/mol. The lowest BCUT2D eigenvalue weighted by molar-refractivity contribution is 0.0994. The highest BCUT2D eigenvalue weighted by Gasteiger charge is 2.13. The number of aromatic nitrogens is 1. The first-order chi connectivity index (χ1) is 10.1. The fourth-order valence-corrected chi connectivity index (χ4v) is 2.35. The second-order valence-corrected chi connectivity index (χ2v) is 4.96. The van der Waals surface area contributed by atoms with Crippen LogP contribution in [0, 0.1) is 0 Å². The second-order valence-electron chi connectivity index (χ2n) is 4.96. The number of carbonyl (C=O) groups excluding carboxylic acids is 1. The molecule has 0 aliphatic heterocycles. The molecule has 0 spiro atoms. The van der Waals surface area contributed by atoms with Crippen molar-refractivity contribution in [1.82, 2.24) is 4.98 Å². The average molecular weight is 277 g/mol. The Bertz CT molecular complexity index is 827. The molecule has 0 saturated carbocycles. The van der Waals surface area contributed by atoms with E-state index < -0.39 is 0 Å². The van der Waals surface area contributed by atoms with Crippen LogP contribution < -0.4 is 11.5 Å². The number of hydrogen-bond donors (Lipinski definition) is 2. The van der Waals surface area contributed by atoms with E-state index in [1.807, 2.05) is 36.4 Å². The summed E-state index contributed by atoms with van der Waals surface area (Å²) in [5.41, 5.74) is 14.2. The highest BCUT2D eigenvalue weighted by molar-refractivity contribution is 6.06. The van der Waals surface area contributed by atoms with Gasteiger partial charge in [0.25, 0.3) is 0 Å². The van der Waals surface area contributed by atoms with Crippen LogP contribution in [0.2, 0.25) is 0 Å². The first-order valence-corrected chi connectivity index (χ1v) is 6.65. The fraction of sp³-hybridized carbons (Fsp3) is 0.0588. The maximum atomic E-state index is 12.5. The van der Waals surface area contributed by atoms with Gasteiger partial charge in [0.05, 0.1) is 0 Å². The van der Waals surface area contributed by atoms with Crippen molar-refractivity contribution in [3.05, 3.63) is 66.0 Å². The zero-order valence-corrected chi connectivity index (χ0v) is 11.4. The minimum Gasteiger partial charge on any atom is -0.398 e. The Morgan fingerprint density at radius 3 is 2.43 bits per heavy atom. The van der Waals surface area contributed by atoms with Crippen molar-refractivity contribution in [3.8, 4) is 0 Å². The summed E-state index contributed by atoms with van der Waals surface area (Å²) in [6, 6.07) is 13.2. The Morgan fingerprint density at radius 1 is 1.00 bits per heavy atom. The number of nitrogens with zero attached hydrogens (tertiary/aromatic N) is 1. The molecule has 4 nitrogen and oxygen atoms in total. The Labute approximate surface area is 122 Å². The molecule has 0 atom stereocenters. The van der Waals surface area contributed by atoms with Crippen molar-refractivity contribution in [2.75, 3.05) is 11.5 Å². The van der Waals surface area contributed by atoms with Crippen molar-refractivity contribution in [2.24, 2.45) is 0 Å². The van der Waals surface area contributed by atoms with E-state index in [1.165, 1.54) is 0 Å². The van der Waals surface area contributed by atoms with Crippen molar-refractivity contribution in [3.63, 3.8) is 0 Å². The molecule has 0 bridgehead atoms. The fourth-order valence-electron chi connectivity index (χ4n) is 2.35. The number of ketones is 1. The van der Waals surface area contributed by atoms with Crippen LogP contribution in [0.1, 0.15) is 15.9 Å². The normalized spacial score (nSPS) is 10.7. The van der Waals surface area contributed by atoms with Crippen LogP contribution in [0.25, 0.3) is 10.8 Å². The van der Waals surface area contributed by atoms with Crippen molar-refractivity contribution >= 4 is 27.9 Å². The lowest BCUT2D eigenvalue weighted by atomic mass is 9.98. The Balaban J connectivity index is 1.98. The summed E-state index contributed by atoms with van der Waals surface area (Å²) in [5.74, 6) is -0.0575. The van der Waals surface area contributed by atoms with Gasteiger partial charge < -0.3 is 11.5 Å². The number of anilines is 2. The highest BCUT2D eigenvalue weighted by Crippen LogP contribution is 2.23. The van der Waals surface area contributed by atoms with Crippen LogP contribution in [0.15, 0.2) is 54.9 Å². The van der Waals surface area contributed by atoms with Gasteiger partial charge in [0.1, 0.15) is 0 Å². The zero-order valence-electron chi connectivity index (χ0n) is 11.4. The highest BCUT2D eigenvalue weighted by atomic mass is 16.1. The van der Waals surface area contributed by atoms with Gasteiger partial charge in [-0.25, -0.2) is 0 Å². The molecule has 0 unspecified atom stereocenters. The minimum absolute atomic E-state index is 0.0575. The van der Waals surface area contributed by atoms with E-state index in [9.17, 15) is 4.79 Å². The van der Waals surface area contributed by atoms with Gasteiger partial charge in [-0.15, -0.1) is 0 Å². The van der Waals surface area contributed by atoms with Crippen LogP contribution in [0.5, 0.6) is 0 Å². The van der Waals surface area contributed by atoms with Crippen molar-refractivity contribution < 1.29 is 4.79 Å². The molecule has 2 aromatic carbocycles. The number of benzene rings is 2. The molecule has 4 N–H and O–H groups in total. The van der Waals surface area contributed by atoms with Crippen molar-refractivity contribution in [1.29, 1.82) is 0 Å². The third kappa shape index (κ3) is 2.56. The molecule has 1 aromatic heterocycles. The van der Waals surface area contributed by atoms with Crippen LogP contribution in [-0.4, -0.2) is 10.8 Å². The Kier molecular flexibility index (Phi) is 3.28. The first-order valence-electron chi connectivity index (χ1n) is 6.65. The SMILES string of the molecule is Nc1ccncc1CC(=O)c1cc2ccccc2cc1N. The first kappa shape index (κ1) is 13.1. The van der Waals surface area contributed by atoms with Gasteiger partial charge in [0.15, 0.2) is 5.78 Å². The number of pyridine rings is 1. The lowest BCUT2D eigenvalue weighted by Crippen LogP contribution is -2.09. The number of nitrogen functional groups attached to an aromatic ring is 2. The summed E-state index contributed by atoms with van der Waals surface area (Å²) in [7, 11) is 0. The lowest BCUT2D eigenvalue weighted by Gasteiger charge is -2.08. The molecule has 3 rings (SSSR count). The predicted octanol–water partition coefficient (Wildman–Crippen LogP) is 2.82. The number of rotatable bonds is 3. The van der Waals surface area contributed by atoms with Crippen LogP contribution in [0.3, 0.4) is 0 Å². The van der Waals surface area contributed by atoms with Crippen LogP contribution in [0.4, 0.5) is 11.4 Å². The van der Waals surface area contributed by atoms with E-state index in [4.69, 9.17) is 11.5 Å². The largest absolute Gasteiger partial charge is 0.398 e. The third-order valence-electron chi connectivity index (χ3n) is 3.51. The van der Waals surface area contributed by atoms with Crippen molar-refractivity contribution in [2.45, 2.75) is 6.42 Å². The molecule has 3 aromatic rings. The number of Topliss-reactive ketones (excluding diaryl/α,β-unsaturated/α-hetero) is 1. The summed E-state index contributed by atoms with van der Waals surface area (Å²) in [6.07, 6.45) is 3.42. The number of fused-ring (bicyclic) bond motifs is 1. The Hall–Kier alpha value is -2.88. The maximum Gasteiger partial charge on any atom is 0.169 e. The molecule has 0 aliphatic carbocycles. The van der Waals surface area contributed by atoms with E-state index in [0.717, 1.165) is 16.3 Å². The zero-order chi connectivity index (χ0) is 14.8. The van der Waals surface area contributed by atoms with Gasteiger partial charge in [-0.1, -0.05) is 24.3 Å². The number of hydrogen-bond acceptors (Lipinski definition) is 4. The summed E-state index contributed by atoms with van der Waals surface area (Å²) in [5, 5.41) is 2.02. The molecule has 21 heavy (non-hydrogen) atoms. The summed E-state index contributed by atoms with van der Waals surface area (Å²) in [4.78, 5) is 16.5. The van der Waals surface area contributed by atoms with E-state index in [0.29, 0.717) is 16.9 Å². The minimum atomic E-state index is -0.0575. The quantitative estimate of drug-likeness (QED) is 0.569. The third-order valence-corrected chi connectivity index (χ3v) is 3.51. The van der Waals surface area contributed by atoms with Gasteiger partial charge in [-0.3, -0.25) is 9.78 Å². The molecule has 4 heteroatoms. The molecular weight excluding hydrogens is 262 g/mol. The van der Waals surface area contributed by atoms with E-state index in [1.54, 1.807) is 18.5 Å². The summed E-state index contributed by atoms with van der Waals surface area (Å²) >= 11 is 0. The van der Waals surface area contributed by atoms with Gasteiger partial charge >= 0.3 is 0 Å². The van der Waals surface area contributed by atoms with E-state index in [-0.39, 0.29) is 12.2 Å². The van der Waals surface area contributed by atoms with Crippen LogP contribution >= 0.6 is 0 Å². The van der Waals surface area contributed by atoms with E-state index >= 15 is 0 Å². The average Bonchev–Trinajstić information content (AvgIpc) is 2.49. The molecule has 0 amide bonds. The standard InChI is InChI=1S/C17H15N3O/c18-15-5-6-20-10-13(15)9-17(21)14-7-11-3-1-2-4-12(11)8-16(14)19/h1-8,10H,9,19H2,(H2,18,20). The summed E-state index contributed by atoms with van der Waals surface area (Å²) in [6.45, 7) is 0. The summed E-state index contributed by atoms with van der Waals surface area (Å²) < 4.78 is 0. The number of carbonyl (C=O) groups is 1. The smallest absolute Gasteiger partial charge is 0.169 e. The number of nitrogens with two attached hydrogens (primary N) is 2. The molecule has 104 valence electrons. The molecule has 0 fully saturated rings. The molecule has 1 heterocycles. The topological polar surface area (TPSA) is 82.0 Å². The van der Waals surface area contributed by atoms with Gasteiger partial charge in [-0.2, -0.15) is 0 Å². The van der Waals surface area contributed by atoms with Gasteiger partial charge in [0, 0.05) is 41.3 Å². The van der Waals surface area contributed by atoms with Crippen LogP contribution in [-0.2, 0) is 6.42 Å². The van der Waals surface area contributed by atoms with Gasteiger partial charge in [0.2, 0.25) is 0 Å². The monoisotopic (exact) mass is 277 g/mol. The maximum absolute atomic E-state index is 12.5. The molecular formula is C17H15N3O. The van der Waals surface area contributed by atoms with E-state index in [2.05, 4.69) is 4.98 Å². The molecule has 0 aliphatic rings. The molecule has 0 saturated heterocycles. The van der Waals surface area contributed by atoms with Gasteiger partial charge in [-0.05, 0) is 29.0 Å². The molecule has 0 radical (unpaired) electrons. The second kappa shape index (κ2) is 5.25.